The zero-order valence-electron chi connectivity index (χ0n) is 17.8. The molecule has 0 atom stereocenters. The summed E-state index contributed by atoms with van der Waals surface area (Å²) in [6.45, 7) is 6.75. The minimum atomic E-state index is -0.109. The summed E-state index contributed by atoms with van der Waals surface area (Å²) in [4.78, 5) is 16.6. The van der Waals surface area contributed by atoms with Gasteiger partial charge in [0.1, 0.15) is 0 Å². The van der Waals surface area contributed by atoms with Gasteiger partial charge in [0.05, 0.1) is 5.69 Å². The molecule has 1 aromatic heterocycles. The summed E-state index contributed by atoms with van der Waals surface area (Å²) in [7, 11) is 0. The van der Waals surface area contributed by atoms with Crippen LogP contribution in [0.3, 0.4) is 0 Å². The van der Waals surface area contributed by atoms with E-state index in [0.29, 0.717) is 31.2 Å². The Morgan fingerprint density at radius 1 is 1.00 bits per heavy atom. The van der Waals surface area contributed by atoms with Crippen molar-refractivity contribution in [1.82, 2.24) is 15.1 Å². The van der Waals surface area contributed by atoms with Crippen molar-refractivity contribution in [3.63, 3.8) is 0 Å². The van der Waals surface area contributed by atoms with Gasteiger partial charge in [0.2, 0.25) is 0 Å². The van der Waals surface area contributed by atoms with Crippen LogP contribution in [0.2, 0.25) is 5.02 Å². The topological polar surface area (TPSA) is 61.4 Å². The predicted molar refractivity (Wildman–Crippen MR) is 126 cm³/mol. The van der Waals surface area contributed by atoms with Crippen molar-refractivity contribution in [2.45, 2.75) is 20.3 Å². The Morgan fingerprint density at radius 2 is 1.74 bits per heavy atom. The van der Waals surface area contributed by atoms with E-state index in [1.807, 2.05) is 36.1 Å². The Bertz CT molecular complexity index is 1040. The fourth-order valence-corrected chi connectivity index (χ4v) is 3.79. The van der Waals surface area contributed by atoms with Gasteiger partial charge in [0.25, 0.3) is 0 Å². The van der Waals surface area contributed by atoms with E-state index < -0.39 is 0 Å². The molecule has 4 rings (SSSR count). The number of hydrogen-bond acceptors (Lipinski definition) is 4. The second-order valence-corrected chi connectivity index (χ2v) is 8.13. The first kappa shape index (κ1) is 21.1. The largest absolute Gasteiger partial charge is 0.352 e. The quantitative estimate of drug-likeness (QED) is 0.624. The smallest absolute Gasteiger partial charge is 0.321 e. The fourth-order valence-electron chi connectivity index (χ4n) is 3.62. The third kappa shape index (κ3) is 4.97. The Morgan fingerprint density at radius 3 is 2.39 bits per heavy atom. The molecule has 1 aliphatic rings. The molecule has 31 heavy (non-hydrogen) atoms. The molecule has 2 aromatic carbocycles. The number of halogens is 1. The zero-order chi connectivity index (χ0) is 21.8. The van der Waals surface area contributed by atoms with Crippen molar-refractivity contribution in [2.24, 2.45) is 0 Å². The zero-order valence-corrected chi connectivity index (χ0v) is 18.6. The standard InChI is InChI=1S/C24H26ClN5O/c1-3-18-5-7-19(8-6-18)21-10-11-23(28-27-21)29-12-14-30(15-13-29)24(31)26-22-16-20(25)9-4-17(22)2/h4-11,16H,3,12-15H2,1-2H3,(H,26,31). The van der Waals surface area contributed by atoms with Crippen LogP contribution >= 0.6 is 11.6 Å². The van der Waals surface area contributed by atoms with Crippen LogP contribution in [0.4, 0.5) is 16.3 Å². The number of rotatable bonds is 4. The number of nitrogens with one attached hydrogen (secondary N) is 1. The van der Waals surface area contributed by atoms with Crippen LogP contribution in [-0.4, -0.2) is 47.3 Å². The molecule has 1 aliphatic heterocycles. The number of piperazine rings is 1. The Kier molecular flexibility index (Phi) is 6.37. The lowest BCUT2D eigenvalue weighted by atomic mass is 10.1. The average Bonchev–Trinajstić information content (AvgIpc) is 2.82. The van der Waals surface area contributed by atoms with E-state index in [4.69, 9.17) is 11.6 Å². The first-order valence-electron chi connectivity index (χ1n) is 10.5. The molecule has 2 amide bonds. The van der Waals surface area contributed by atoms with Crippen LogP contribution in [0.25, 0.3) is 11.3 Å². The second-order valence-electron chi connectivity index (χ2n) is 7.69. The normalized spacial score (nSPS) is 13.9. The van der Waals surface area contributed by atoms with Crippen LogP contribution in [0.1, 0.15) is 18.1 Å². The van der Waals surface area contributed by atoms with Crippen LogP contribution < -0.4 is 10.2 Å². The van der Waals surface area contributed by atoms with Crippen molar-refractivity contribution in [2.75, 3.05) is 36.4 Å². The molecule has 1 saturated heterocycles. The van der Waals surface area contributed by atoms with Gasteiger partial charge in [0, 0.05) is 42.5 Å². The molecule has 3 aromatic rings. The van der Waals surface area contributed by atoms with E-state index in [1.54, 1.807) is 6.07 Å². The van der Waals surface area contributed by atoms with Gasteiger partial charge in [0.15, 0.2) is 5.82 Å². The minimum Gasteiger partial charge on any atom is -0.352 e. The molecule has 0 spiro atoms. The Hall–Kier alpha value is -3.12. The highest BCUT2D eigenvalue weighted by molar-refractivity contribution is 6.31. The van der Waals surface area contributed by atoms with Crippen molar-refractivity contribution in [3.8, 4) is 11.3 Å². The third-order valence-corrected chi connectivity index (χ3v) is 5.88. The van der Waals surface area contributed by atoms with E-state index in [2.05, 4.69) is 51.6 Å². The fraction of sp³-hybridized carbons (Fsp3) is 0.292. The van der Waals surface area contributed by atoms with E-state index in [-0.39, 0.29) is 6.03 Å². The van der Waals surface area contributed by atoms with Crippen molar-refractivity contribution in [1.29, 1.82) is 0 Å². The Labute approximate surface area is 187 Å². The summed E-state index contributed by atoms with van der Waals surface area (Å²) in [5.74, 6) is 0.833. The van der Waals surface area contributed by atoms with E-state index in [1.165, 1.54) is 5.56 Å². The second kappa shape index (κ2) is 9.35. The number of anilines is 2. The summed E-state index contributed by atoms with van der Waals surface area (Å²) >= 11 is 6.05. The number of urea groups is 1. The molecular weight excluding hydrogens is 410 g/mol. The number of hydrogen-bond donors (Lipinski definition) is 1. The van der Waals surface area contributed by atoms with Gasteiger partial charge in [-0.3, -0.25) is 0 Å². The highest BCUT2D eigenvalue weighted by Crippen LogP contribution is 2.22. The number of amides is 2. The van der Waals surface area contributed by atoms with Crippen molar-refractivity contribution >= 4 is 29.1 Å². The molecular formula is C24H26ClN5O. The third-order valence-electron chi connectivity index (χ3n) is 5.64. The molecule has 0 aliphatic carbocycles. The molecule has 1 fully saturated rings. The number of aromatic nitrogens is 2. The molecule has 2 heterocycles. The van der Waals surface area contributed by atoms with E-state index in [0.717, 1.165) is 34.7 Å². The molecule has 160 valence electrons. The highest BCUT2D eigenvalue weighted by atomic mass is 35.5. The number of nitrogens with zero attached hydrogens (tertiary/aromatic N) is 4. The van der Waals surface area contributed by atoms with Gasteiger partial charge in [-0.05, 0) is 48.7 Å². The van der Waals surface area contributed by atoms with E-state index in [9.17, 15) is 4.79 Å². The van der Waals surface area contributed by atoms with Gasteiger partial charge < -0.3 is 15.1 Å². The van der Waals surface area contributed by atoms with Crippen molar-refractivity contribution < 1.29 is 4.79 Å². The lowest BCUT2D eigenvalue weighted by molar-refractivity contribution is 0.208. The Balaban J connectivity index is 1.35. The van der Waals surface area contributed by atoms with Gasteiger partial charge in [-0.1, -0.05) is 48.9 Å². The van der Waals surface area contributed by atoms with Crippen molar-refractivity contribution in [3.05, 3.63) is 70.7 Å². The van der Waals surface area contributed by atoms with E-state index >= 15 is 0 Å². The van der Waals surface area contributed by atoms with Gasteiger partial charge >= 0.3 is 6.03 Å². The van der Waals surface area contributed by atoms with Crippen LogP contribution in [0.5, 0.6) is 0 Å². The summed E-state index contributed by atoms with van der Waals surface area (Å²) < 4.78 is 0. The van der Waals surface area contributed by atoms with Gasteiger partial charge in [-0.25, -0.2) is 4.79 Å². The summed E-state index contributed by atoms with van der Waals surface area (Å²) in [5.41, 5.74) is 4.96. The maximum Gasteiger partial charge on any atom is 0.321 e. The SMILES string of the molecule is CCc1ccc(-c2ccc(N3CCN(C(=O)Nc4cc(Cl)ccc4C)CC3)nn2)cc1. The minimum absolute atomic E-state index is 0.109. The first-order valence-corrected chi connectivity index (χ1v) is 10.9. The molecule has 7 heteroatoms. The number of benzene rings is 2. The van der Waals surface area contributed by atoms with Crippen LogP contribution in [-0.2, 0) is 6.42 Å². The summed E-state index contributed by atoms with van der Waals surface area (Å²) in [5, 5.41) is 12.4. The first-order chi connectivity index (χ1) is 15.0. The maximum absolute atomic E-state index is 12.6. The molecule has 1 N–H and O–H groups in total. The highest BCUT2D eigenvalue weighted by Gasteiger charge is 2.22. The number of carbonyl (C=O) groups excluding carboxylic acids is 1. The predicted octanol–water partition coefficient (Wildman–Crippen LogP) is 5.02. The monoisotopic (exact) mass is 435 g/mol. The lowest BCUT2D eigenvalue weighted by Crippen LogP contribution is -2.50. The average molecular weight is 436 g/mol. The van der Waals surface area contributed by atoms with Crippen LogP contribution in [0.15, 0.2) is 54.6 Å². The number of aryl methyl sites for hydroxylation is 2. The van der Waals surface area contributed by atoms with Crippen LogP contribution in [0, 0.1) is 6.92 Å². The lowest BCUT2D eigenvalue weighted by Gasteiger charge is -2.35. The molecule has 0 unspecified atom stereocenters. The molecule has 0 saturated carbocycles. The summed E-state index contributed by atoms with van der Waals surface area (Å²) in [6, 6.07) is 17.8. The maximum atomic E-state index is 12.6. The van der Waals surface area contributed by atoms with Gasteiger partial charge in [-0.15, -0.1) is 10.2 Å². The molecule has 0 radical (unpaired) electrons. The summed E-state index contributed by atoms with van der Waals surface area (Å²) in [6.07, 6.45) is 1.02. The number of carbonyl (C=O) groups is 1. The molecule has 0 bridgehead atoms. The molecule has 6 nitrogen and oxygen atoms in total. The van der Waals surface area contributed by atoms with Gasteiger partial charge in [-0.2, -0.15) is 0 Å².